The first-order valence-corrected chi connectivity index (χ1v) is 12.2. The van der Waals surface area contributed by atoms with Crippen molar-refractivity contribution in [3.63, 3.8) is 0 Å². The molecular weight excluding hydrogens is 334 g/mol. The SMILES string of the molecule is CCCCCCCCOC(CCCCCCCNC)OCCCCCCC. The van der Waals surface area contributed by atoms with Gasteiger partial charge in [0.15, 0.2) is 6.29 Å². The molecule has 0 saturated carbocycles. The molecule has 0 aromatic rings. The summed E-state index contributed by atoms with van der Waals surface area (Å²) in [5.74, 6) is 0. The Labute approximate surface area is 171 Å². The van der Waals surface area contributed by atoms with E-state index in [1.807, 2.05) is 7.05 Å². The minimum atomic E-state index is 0.0316. The third-order valence-corrected chi connectivity index (χ3v) is 5.22. The summed E-state index contributed by atoms with van der Waals surface area (Å²) in [5.41, 5.74) is 0. The van der Waals surface area contributed by atoms with E-state index in [1.165, 1.54) is 103 Å². The second-order valence-electron chi connectivity index (χ2n) is 8.01. The van der Waals surface area contributed by atoms with Gasteiger partial charge in [-0.15, -0.1) is 0 Å². The predicted octanol–water partition coefficient (Wildman–Crippen LogP) is 7.24. The number of nitrogens with one attached hydrogen (secondary N) is 1. The molecule has 27 heavy (non-hydrogen) atoms. The summed E-state index contributed by atoms with van der Waals surface area (Å²) >= 11 is 0. The highest BCUT2D eigenvalue weighted by Gasteiger charge is 2.09. The van der Waals surface area contributed by atoms with Crippen LogP contribution in [0, 0.1) is 0 Å². The highest BCUT2D eigenvalue weighted by Crippen LogP contribution is 2.13. The molecule has 3 heteroatoms. The first kappa shape index (κ1) is 26.9. The molecule has 1 N–H and O–H groups in total. The minimum Gasteiger partial charge on any atom is -0.353 e. The van der Waals surface area contributed by atoms with Crippen molar-refractivity contribution in [2.24, 2.45) is 0 Å². The third-order valence-electron chi connectivity index (χ3n) is 5.22. The van der Waals surface area contributed by atoms with Gasteiger partial charge in [0, 0.05) is 13.2 Å². The van der Waals surface area contributed by atoms with Crippen molar-refractivity contribution in [3.05, 3.63) is 0 Å². The predicted molar refractivity (Wildman–Crippen MR) is 119 cm³/mol. The van der Waals surface area contributed by atoms with E-state index >= 15 is 0 Å². The number of unbranched alkanes of at least 4 members (excludes halogenated alkanes) is 13. The van der Waals surface area contributed by atoms with Crippen LogP contribution in [0.2, 0.25) is 0 Å². The molecule has 0 aromatic carbocycles. The van der Waals surface area contributed by atoms with Gasteiger partial charge in [0.1, 0.15) is 0 Å². The molecule has 0 bridgehead atoms. The molecule has 0 radical (unpaired) electrons. The van der Waals surface area contributed by atoms with Crippen molar-refractivity contribution in [3.8, 4) is 0 Å². The molecule has 0 aliphatic rings. The molecule has 0 rings (SSSR count). The van der Waals surface area contributed by atoms with Gasteiger partial charge < -0.3 is 14.8 Å². The van der Waals surface area contributed by atoms with Crippen LogP contribution in [0.5, 0.6) is 0 Å². The van der Waals surface area contributed by atoms with Crippen molar-refractivity contribution in [2.45, 2.75) is 129 Å². The zero-order valence-corrected chi connectivity index (χ0v) is 19.0. The monoisotopic (exact) mass is 385 g/mol. The maximum absolute atomic E-state index is 6.09. The second kappa shape index (κ2) is 23.9. The van der Waals surface area contributed by atoms with E-state index in [2.05, 4.69) is 19.2 Å². The lowest BCUT2D eigenvalue weighted by atomic mass is 10.1. The fraction of sp³-hybridized carbons (Fsp3) is 1.00. The average molecular weight is 386 g/mol. The lowest BCUT2D eigenvalue weighted by Crippen LogP contribution is -2.19. The maximum atomic E-state index is 6.09. The van der Waals surface area contributed by atoms with Crippen LogP contribution in [-0.2, 0) is 9.47 Å². The molecular formula is C24H51NO2. The fourth-order valence-electron chi connectivity index (χ4n) is 3.38. The van der Waals surface area contributed by atoms with Crippen LogP contribution in [0.1, 0.15) is 123 Å². The van der Waals surface area contributed by atoms with E-state index in [0.717, 1.165) is 26.2 Å². The van der Waals surface area contributed by atoms with Crippen LogP contribution in [0.4, 0.5) is 0 Å². The van der Waals surface area contributed by atoms with E-state index in [9.17, 15) is 0 Å². The Kier molecular flexibility index (Phi) is 23.8. The van der Waals surface area contributed by atoms with E-state index in [4.69, 9.17) is 9.47 Å². The molecule has 164 valence electrons. The summed E-state index contributed by atoms with van der Waals surface area (Å²) in [4.78, 5) is 0. The van der Waals surface area contributed by atoms with E-state index in [1.54, 1.807) is 0 Å². The highest BCUT2D eigenvalue weighted by molar-refractivity contribution is 4.52. The van der Waals surface area contributed by atoms with Gasteiger partial charge >= 0.3 is 0 Å². The van der Waals surface area contributed by atoms with Crippen molar-refractivity contribution in [1.82, 2.24) is 5.32 Å². The van der Waals surface area contributed by atoms with Crippen LogP contribution < -0.4 is 5.32 Å². The average Bonchev–Trinajstić information content (AvgIpc) is 2.68. The largest absolute Gasteiger partial charge is 0.353 e. The summed E-state index contributed by atoms with van der Waals surface area (Å²) in [7, 11) is 2.03. The molecule has 1 unspecified atom stereocenters. The lowest BCUT2D eigenvalue weighted by molar-refractivity contribution is -0.148. The van der Waals surface area contributed by atoms with Gasteiger partial charge in [0.2, 0.25) is 0 Å². The molecule has 0 aromatic heterocycles. The van der Waals surface area contributed by atoms with Gasteiger partial charge in [-0.25, -0.2) is 0 Å². The summed E-state index contributed by atoms with van der Waals surface area (Å²) in [6, 6.07) is 0. The van der Waals surface area contributed by atoms with E-state index in [0.29, 0.717) is 0 Å². The Morgan fingerprint density at radius 1 is 0.556 bits per heavy atom. The number of rotatable bonds is 23. The van der Waals surface area contributed by atoms with Crippen molar-refractivity contribution in [1.29, 1.82) is 0 Å². The lowest BCUT2D eigenvalue weighted by Gasteiger charge is -2.19. The van der Waals surface area contributed by atoms with Crippen LogP contribution in [-0.4, -0.2) is 33.1 Å². The van der Waals surface area contributed by atoms with Gasteiger partial charge in [-0.2, -0.15) is 0 Å². The standard InChI is InChI=1S/C24H51NO2/c1-4-6-8-10-15-19-23-27-24(26-22-18-14-9-7-5-2)20-16-12-11-13-17-21-25-3/h24-25H,4-23H2,1-3H3. The van der Waals surface area contributed by atoms with Crippen molar-refractivity contribution in [2.75, 3.05) is 26.8 Å². The first-order valence-electron chi connectivity index (χ1n) is 12.2. The Balaban J connectivity index is 3.78. The number of ether oxygens (including phenoxy) is 2. The zero-order valence-electron chi connectivity index (χ0n) is 19.0. The molecule has 0 heterocycles. The number of hydrogen-bond acceptors (Lipinski definition) is 3. The van der Waals surface area contributed by atoms with Gasteiger partial charge in [-0.05, 0) is 45.7 Å². The van der Waals surface area contributed by atoms with Crippen molar-refractivity contribution >= 4 is 0 Å². The Bertz CT molecular complexity index is 243. The third kappa shape index (κ3) is 22.0. The molecule has 0 saturated heterocycles. The Morgan fingerprint density at radius 2 is 1.00 bits per heavy atom. The van der Waals surface area contributed by atoms with Crippen molar-refractivity contribution < 1.29 is 9.47 Å². The quantitative estimate of drug-likeness (QED) is 0.148. The normalized spacial score (nSPS) is 12.6. The summed E-state index contributed by atoms with van der Waals surface area (Å²) in [6.45, 7) is 7.42. The number of hydrogen-bond donors (Lipinski definition) is 1. The molecule has 0 amide bonds. The summed E-state index contributed by atoms with van der Waals surface area (Å²) < 4.78 is 12.2. The van der Waals surface area contributed by atoms with Crippen LogP contribution >= 0.6 is 0 Å². The van der Waals surface area contributed by atoms with E-state index in [-0.39, 0.29) is 6.29 Å². The van der Waals surface area contributed by atoms with E-state index < -0.39 is 0 Å². The Morgan fingerprint density at radius 3 is 1.52 bits per heavy atom. The maximum Gasteiger partial charge on any atom is 0.157 e. The van der Waals surface area contributed by atoms with Gasteiger partial charge in [0.25, 0.3) is 0 Å². The molecule has 0 aliphatic carbocycles. The fourth-order valence-corrected chi connectivity index (χ4v) is 3.38. The van der Waals surface area contributed by atoms with Crippen LogP contribution in [0.15, 0.2) is 0 Å². The van der Waals surface area contributed by atoms with Gasteiger partial charge in [-0.3, -0.25) is 0 Å². The highest BCUT2D eigenvalue weighted by atomic mass is 16.7. The molecule has 0 fully saturated rings. The van der Waals surface area contributed by atoms with Crippen LogP contribution in [0.3, 0.4) is 0 Å². The molecule has 0 aliphatic heterocycles. The summed E-state index contributed by atoms with van der Waals surface area (Å²) in [5, 5.41) is 3.22. The van der Waals surface area contributed by atoms with Gasteiger partial charge in [0.05, 0.1) is 0 Å². The topological polar surface area (TPSA) is 30.5 Å². The molecule has 0 spiro atoms. The first-order chi connectivity index (χ1) is 13.3. The summed E-state index contributed by atoms with van der Waals surface area (Å²) in [6.07, 6.45) is 22.0. The zero-order chi connectivity index (χ0) is 19.8. The Hall–Kier alpha value is -0.120. The second-order valence-corrected chi connectivity index (χ2v) is 8.01. The molecule has 3 nitrogen and oxygen atoms in total. The van der Waals surface area contributed by atoms with Crippen LogP contribution in [0.25, 0.3) is 0 Å². The van der Waals surface area contributed by atoms with Gasteiger partial charge in [-0.1, -0.05) is 90.9 Å². The minimum absolute atomic E-state index is 0.0316. The smallest absolute Gasteiger partial charge is 0.157 e. The molecule has 1 atom stereocenters.